The molecule has 1 aliphatic rings. The number of nitrogens with zero attached hydrogens (tertiary/aromatic N) is 2. The molecule has 1 saturated heterocycles. The van der Waals surface area contributed by atoms with Gasteiger partial charge in [-0.15, -0.1) is 0 Å². The van der Waals surface area contributed by atoms with Crippen LogP contribution in [0, 0.1) is 5.92 Å². The van der Waals surface area contributed by atoms with E-state index in [-0.39, 0.29) is 5.91 Å². The van der Waals surface area contributed by atoms with Crippen LogP contribution in [0.25, 0.3) is 10.9 Å². The molecule has 2 aromatic rings. The van der Waals surface area contributed by atoms with Crippen molar-refractivity contribution in [2.45, 2.75) is 13.0 Å². The first-order valence-corrected chi connectivity index (χ1v) is 7.09. The highest BCUT2D eigenvalue weighted by molar-refractivity contribution is 5.98. The van der Waals surface area contributed by atoms with Gasteiger partial charge in [0.05, 0.1) is 0 Å². The van der Waals surface area contributed by atoms with Crippen LogP contribution >= 0.6 is 0 Å². The van der Waals surface area contributed by atoms with E-state index in [0.717, 1.165) is 24.0 Å². The Labute approximate surface area is 119 Å². The molecule has 1 N–H and O–H groups in total. The summed E-state index contributed by atoms with van der Waals surface area (Å²) in [4.78, 5) is 20.0. The van der Waals surface area contributed by atoms with Gasteiger partial charge in [-0.25, -0.2) is 0 Å². The first kappa shape index (κ1) is 13.2. The third kappa shape index (κ3) is 2.20. The van der Waals surface area contributed by atoms with Gasteiger partial charge in [0.1, 0.15) is 5.69 Å². The van der Waals surface area contributed by atoms with Gasteiger partial charge < -0.3 is 14.8 Å². The van der Waals surface area contributed by atoms with Crippen LogP contribution < -0.4 is 0 Å². The van der Waals surface area contributed by atoms with Crippen LogP contribution in [0.4, 0.5) is 0 Å². The normalized spacial score (nSPS) is 22.9. The van der Waals surface area contributed by atoms with Crippen molar-refractivity contribution in [1.29, 1.82) is 0 Å². The van der Waals surface area contributed by atoms with E-state index in [0.29, 0.717) is 17.7 Å². The number of carbonyl (C=O) groups is 1. The van der Waals surface area contributed by atoms with Crippen molar-refractivity contribution in [3.8, 4) is 0 Å². The van der Waals surface area contributed by atoms with Gasteiger partial charge in [-0.3, -0.25) is 4.79 Å². The number of fused-ring (bicyclic) bond motifs is 1. The summed E-state index contributed by atoms with van der Waals surface area (Å²) in [5, 5.41) is 1.09. The summed E-state index contributed by atoms with van der Waals surface area (Å²) >= 11 is 0. The molecule has 4 nitrogen and oxygen atoms in total. The maximum atomic E-state index is 12.6. The van der Waals surface area contributed by atoms with Gasteiger partial charge >= 0.3 is 0 Å². The van der Waals surface area contributed by atoms with E-state index in [2.05, 4.69) is 30.9 Å². The highest BCUT2D eigenvalue weighted by atomic mass is 16.2. The molecule has 2 heterocycles. The number of likely N-dealkylation sites (tertiary alicyclic amines) is 1. The van der Waals surface area contributed by atoms with Crippen LogP contribution in [-0.4, -0.2) is 53.9 Å². The van der Waals surface area contributed by atoms with Gasteiger partial charge in [0.25, 0.3) is 5.91 Å². The fraction of sp³-hybridized carbons (Fsp3) is 0.438. The molecular formula is C16H21N3O. The number of H-pyrrole nitrogens is 1. The molecule has 0 spiro atoms. The van der Waals surface area contributed by atoms with Gasteiger partial charge in [0.2, 0.25) is 0 Å². The van der Waals surface area contributed by atoms with Crippen molar-refractivity contribution in [3.63, 3.8) is 0 Å². The highest BCUT2D eigenvalue weighted by Crippen LogP contribution is 2.23. The van der Waals surface area contributed by atoms with Gasteiger partial charge in [0.15, 0.2) is 0 Å². The molecule has 0 saturated carbocycles. The second-order valence-electron chi connectivity index (χ2n) is 5.99. The predicted octanol–water partition coefficient (Wildman–Crippen LogP) is 2.19. The zero-order valence-corrected chi connectivity index (χ0v) is 12.3. The Morgan fingerprint density at radius 3 is 2.70 bits per heavy atom. The van der Waals surface area contributed by atoms with Gasteiger partial charge in [-0.2, -0.15) is 0 Å². The number of carbonyl (C=O) groups excluding carboxylic acids is 1. The Hall–Kier alpha value is -1.81. The van der Waals surface area contributed by atoms with Crippen LogP contribution in [-0.2, 0) is 0 Å². The lowest BCUT2D eigenvalue weighted by Gasteiger charge is -2.22. The molecule has 106 valence electrons. The Morgan fingerprint density at radius 2 is 2.05 bits per heavy atom. The van der Waals surface area contributed by atoms with Crippen LogP contribution in [0.2, 0.25) is 0 Å². The molecule has 1 fully saturated rings. The van der Waals surface area contributed by atoms with Crippen molar-refractivity contribution in [2.24, 2.45) is 5.92 Å². The number of likely N-dealkylation sites (N-methyl/N-ethyl adjacent to an activating group) is 1. The van der Waals surface area contributed by atoms with Crippen molar-refractivity contribution < 1.29 is 4.79 Å². The average molecular weight is 271 g/mol. The number of nitrogens with one attached hydrogen (secondary N) is 1. The minimum absolute atomic E-state index is 0.109. The zero-order chi connectivity index (χ0) is 14.3. The summed E-state index contributed by atoms with van der Waals surface area (Å²) in [6.45, 7) is 3.85. The number of benzene rings is 1. The van der Waals surface area contributed by atoms with E-state index in [1.165, 1.54) is 0 Å². The molecule has 4 heteroatoms. The Kier molecular flexibility index (Phi) is 3.26. The van der Waals surface area contributed by atoms with E-state index in [1.807, 2.05) is 35.2 Å². The molecule has 2 atom stereocenters. The van der Waals surface area contributed by atoms with Gasteiger partial charge in [-0.05, 0) is 32.1 Å². The van der Waals surface area contributed by atoms with Crippen LogP contribution in [0.3, 0.4) is 0 Å². The maximum absolute atomic E-state index is 12.6. The summed E-state index contributed by atoms with van der Waals surface area (Å²) in [5.74, 6) is 0.621. The van der Waals surface area contributed by atoms with Gasteiger partial charge in [-0.1, -0.05) is 25.1 Å². The second-order valence-corrected chi connectivity index (χ2v) is 5.99. The quantitative estimate of drug-likeness (QED) is 0.909. The lowest BCUT2D eigenvalue weighted by molar-refractivity contribution is 0.0776. The Bertz CT molecular complexity index is 598. The first-order chi connectivity index (χ1) is 9.56. The molecule has 1 aromatic heterocycles. The summed E-state index contributed by atoms with van der Waals surface area (Å²) in [6.07, 6.45) is 0. The molecule has 1 amide bonds. The number of para-hydroxylation sites is 1. The predicted molar refractivity (Wildman–Crippen MR) is 80.8 cm³/mol. The largest absolute Gasteiger partial charge is 0.351 e. The Balaban J connectivity index is 1.82. The van der Waals surface area contributed by atoms with E-state index < -0.39 is 0 Å². The van der Waals surface area contributed by atoms with Crippen LogP contribution in [0.5, 0.6) is 0 Å². The number of aromatic nitrogens is 1. The van der Waals surface area contributed by atoms with Crippen LogP contribution in [0.15, 0.2) is 30.3 Å². The number of hydrogen-bond acceptors (Lipinski definition) is 2. The molecule has 1 aliphatic heterocycles. The third-order valence-corrected chi connectivity index (χ3v) is 4.28. The van der Waals surface area contributed by atoms with Gasteiger partial charge in [0, 0.05) is 30.0 Å². The number of amides is 1. The average Bonchev–Trinajstić information content (AvgIpc) is 3.01. The zero-order valence-electron chi connectivity index (χ0n) is 12.3. The maximum Gasteiger partial charge on any atom is 0.270 e. The molecule has 0 radical (unpaired) electrons. The monoisotopic (exact) mass is 271 g/mol. The molecule has 1 aromatic carbocycles. The highest BCUT2D eigenvalue weighted by Gasteiger charge is 2.34. The minimum atomic E-state index is 0.109. The Morgan fingerprint density at radius 1 is 1.30 bits per heavy atom. The second kappa shape index (κ2) is 4.94. The summed E-state index contributed by atoms with van der Waals surface area (Å²) in [7, 11) is 4.16. The standard InChI is InChI=1S/C16H21N3O/c1-11-9-19(10-15(11)18(2)3)16(20)14-8-12-6-4-5-7-13(12)17-14/h4-8,11,15,17H,9-10H2,1-3H3. The fourth-order valence-corrected chi connectivity index (χ4v) is 3.15. The summed E-state index contributed by atoms with van der Waals surface area (Å²) < 4.78 is 0. The first-order valence-electron chi connectivity index (χ1n) is 7.09. The number of hydrogen-bond donors (Lipinski definition) is 1. The molecule has 3 rings (SSSR count). The van der Waals surface area contributed by atoms with E-state index in [1.54, 1.807) is 0 Å². The van der Waals surface area contributed by atoms with E-state index in [4.69, 9.17) is 0 Å². The van der Waals surface area contributed by atoms with Crippen molar-refractivity contribution >= 4 is 16.8 Å². The van der Waals surface area contributed by atoms with E-state index >= 15 is 0 Å². The SMILES string of the molecule is CC1CN(C(=O)c2cc3ccccc3[nH]2)CC1N(C)C. The molecule has 0 bridgehead atoms. The molecule has 20 heavy (non-hydrogen) atoms. The van der Waals surface area contributed by atoms with Crippen molar-refractivity contribution in [2.75, 3.05) is 27.2 Å². The molecule has 0 aliphatic carbocycles. The minimum Gasteiger partial charge on any atom is -0.351 e. The lowest BCUT2D eigenvalue weighted by Crippen LogP contribution is -2.35. The number of aromatic amines is 1. The van der Waals surface area contributed by atoms with Crippen molar-refractivity contribution in [3.05, 3.63) is 36.0 Å². The topological polar surface area (TPSA) is 39.3 Å². The smallest absolute Gasteiger partial charge is 0.270 e. The summed E-state index contributed by atoms with van der Waals surface area (Å²) in [5.41, 5.74) is 1.71. The fourth-order valence-electron chi connectivity index (χ4n) is 3.15. The summed E-state index contributed by atoms with van der Waals surface area (Å²) in [6, 6.07) is 10.4. The lowest BCUT2D eigenvalue weighted by atomic mass is 10.1. The van der Waals surface area contributed by atoms with Crippen LogP contribution in [0.1, 0.15) is 17.4 Å². The number of rotatable bonds is 2. The molecular weight excluding hydrogens is 250 g/mol. The van der Waals surface area contributed by atoms with E-state index in [9.17, 15) is 4.79 Å². The third-order valence-electron chi connectivity index (χ3n) is 4.28. The van der Waals surface area contributed by atoms with Crippen molar-refractivity contribution in [1.82, 2.24) is 14.8 Å². The molecule has 2 unspecified atom stereocenters.